The van der Waals surface area contributed by atoms with E-state index >= 15 is 0 Å². The Morgan fingerprint density at radius 2 is 0.800 bits per heavy atom. The molecular formula is C84H72BrF4N8O18S5+. The Balaban J connectivity index is 0.000000139. The van der Waals surface area contributed by atoms with Crippen molar-refractivity contribution < 1.29 is 96.6 Å². The van der Waals surface area contributed by atoms with E-state index in [0.29, 0.717) is 42.5 Å². The molecule has 120 heavy (non-hydrogen) atoms. The number of halogens is 5. The largest absolute Gasteiger partial charge is 0.444 e. The number of amides is 3. The van der Waals surface area contributed by atoms with Crippen LogP contribution in [0.4, 0.5) is 43.3 Å². The zero-order valence-electron chi connectivity index (χ0n) is 62.8. The van der Waals surface area contributed by atoms with Crippen LogP contribution in [-0.4, -0.2) is 113 Å². The molecule has 11 aromatic carbocycles. The van der Waals surface area contributed by atoms with E-state index in [9.17, 15) is 74.0 Å². The van der Waals surface area contributed by atoms with Gasteiger partial charge in [-0.3, -0.25) is 9.80 Å². The minimum absolute atomic E-state index is 0.0988. The molecule has 5 atom stereocenters. The van der Waals surface area contributed by atoms with Crippen LogP contribution in [0.15, 0.2) is 306 Å². The fourth-order valence-electron chi connectivity index (χ4n) is 15.0. The Kier molecular flexibility index (Phi) is 24.4. The lowest BCUT2D eigenvalue weighted by Gasteiger charge is -2.36. The number of alkyl halides is 1. The molecule has 17 rings (SSSR count). The highest BCUT2D eigenvalue weighted by Gasteiger charge is 2.65. The van der Waals surface area contributed by atoms with Gasteiger partial charge in [-0.15, -0.1) is 0 Å². The van der Waals surface area contributed by atoms with E-state index in [-0.39, 0.29) is 58.7 Å². The zero-order valence-corrected chi connectivity index (χ0v) is 68.5. The first-order valence-electron chi connectivity index (χ1n) is 36.8. The molecule has 3 fully saturated rings. The Morgan fingerprint density at radius 1 is 0.425 bits per heavy atom. The molecule has 0 saturated carbocycles. The number of hydrogen-bond acceptors (Lipinski definition) is 18. The molecule has 0 bridgehead atoms. The third kappa shape index (κ3) is 17.1. The number of nitrogens with two attached hydrogens (primary N) is 1. The first-order valence-corrected chi connectivity index (χ1v) is 44.8. The molecule has 3 N–H and O–H groups in total. The molecule has 6 aliphatic heterocycles. The molecule has 3 saturated heterocycles. The van der Waals surface area contributed by atoms with Gasteiger partial charge in [-0.25, -0.2) is 62.3 Å². The van der Waals surface area contributed by atoms with Crippen molar-refractivity contribution in [2.24, 2.45) is 5.14 Å². The number of fused-ring (bicyclic) bond motifs is 8. The summed E-state index contributed by atoms with van der Waals surface area (Å²) in [5, 5.41) is 5.88. The van der Waals surface area contributed by atoms with Crippen LogP contribution in [-0.2, 0) is 94.6 Å². The maximum absolute atomic E-state index is 14.4. The zero-order chi connectivity index (χ0) is 84.9. The third-order valence-electron chi connectivity index (χ3n) is 20.3. The van der Waals surface area contributed by atoms with Gasteiger partial charge in [-0.2, -0.15) is 35.1 Å². The fourth-order valence-corrected chi connectivity index (χ4v) is 22.8. The molecule has 0 unspecified atom stereocenters. The number of nitrogens with one attached hydrogen (secondary N) is 1. The van der Waals surface area contributed by atoms with E-state index in [4.69, 9.17) is 18.4 Å². The van der Waals surface area contributed by atoms with Gasteiger partial charge in [0.15, 0.2) is 23.3 Å². The number of rotatable bonds is 18. The number of ether oxygens (including phenoxy) is 3. The summed E-state index contributed by atoms with van der Waals surface area (Å²) in [6, 6.07) is 78.1. The normalized spacial score (nSPS) is 18.6. The molecule has 6 aliphatic rings. The lowest BCUT2D eigenvalue weighted by molar-refractivity contribution is 0.0882. The summed E-state index contributed by atoms with van der Waals surface area (Å²) in [6.07, 6.45) is -3.93. The summed E-state index contributed by atoms with van der Waals surface area (Å²) >= 11 is 3.83. The number of benzene rings is 11. The van der Waals surface area contributed by atoms with Gasteiger partial charge in [0.2, 0.25) is 16.9 Å². The van der Waals surface area contributed by atoms with Crippen LogP contribution in [0, 0.1) is 23.3 Å². The Morgan fingerprint density at radius 3 is 1.27 bits per heavy atom. The number of carbonyl (C=O) groups is 3. The minimum Gasteiger partial charge on any atom is -0.444 e. The summed E-state index contributed by atoms with van der Waals surface area (Å²) in [6.45, 7) is 0.772. The maximum atomic E-state index is 14.4. The summed E-state index contributed by atoms with van der Waals surface area (Å²) in [7, 11) is -21.7. The van der Waals surface area contributed by atoms with Gasteiger partial charge in [0.05, 0.1) is 30.7 Å². The minimum atomic E-state index is -5.04. The lowest BCUT2D eigenvalue weighted by atomic mass is 9.90. The predicted octanol–water partition coefficient (Wildman–Crippen LogP) is 12.2. The van der Waals surface area contributed by atoms with Crippen LogP contribution >= 0.6 is 15.9 Å². The smallest absolute Gasteiger partial charge is 0.415 e. The van der Waals surface area contributed by atoms with E-state index in [1.165, 1.54) is 54.5 Å². The second kappa shape index (κ2) is 34.7. The quantitative estimate of drug-likeness (QED) is 0.0349. The highest BCUT2D eigenvalue weighted by molar-refractivity contribution is 9.09. The average molecular weight is 1800 g/mol. The molecular weight excluding hydrogens is 1730 g/mol. The van der Waals surface area contributed by atoms with Crippen molar-refractivity contribution in [3.05, 3.63) is 353 Å². The van der Waals surface area contributed by atoms with E-state index in [0.717, 1.165) is 73.1 Å². The van der Waals surface area contributed by atoms with Crippen LogP contribution in [0.1, 0.15) is 47.1 Å². The van der Waals surface area contributed by atoms with Crippen molar-refractivity contribution in [2.75, 3.05) is 28.2 Å². The number of hydrogen-bond donors (Lipinski definition) is 2. The first kappa shape index (κ1) is 84.4. The predicted molar refractivity (Wildman–Crippen MR) is 436 cm³/mol. The molecule has 0 aromatic heterocycles. The molecule has 6 heterocycles. The van der Waals surface area contributed by atoms with Crippen molar-refractivity contribution in [1.29, 1.82) is 0 Å². The van der Waals surface area contributed by atoms with Gasteiger partial charge in [0.25, 0.3) is 26.2 Å². The molecule has 26 nitrogen and oxygen atoms in total. The van der Waals surface area contributed by atoms with Crippen molar-refractivity contribution >= 4 is 102 Å². The second-order valence-electron chi connectivity index (χ2n) is 27.6. The molecule has 0 radical (unpaired) electrons. The van der Waals surface area contributed by atoms with E-state index < -0.39 is 132 Å². The Hall–Kier alpha value is -12.0. The number of likely N-dealkylation sites (tertiary alicyclic amines) is 3. The number of nitrogens with zero attached hydrogens (tertiary/aromatic N) is 6. The molecule has 620 valence electrons. The van der Waals surface area contributed by atoms with E-state index in [1.807, 2.05) is 97.1 Å². The topological polar surface area (TPSA) is 325 Å². The second-order valence-corrected chi connectivity index (χ2v) is 36.9. The lowest BCUT2D eigenvalue weighted by Crippen LogP contribution is -2.59. The van der Waals surface area contributed by atoms with E-state index in [2.05, 4.69) is 30.0 Å². The number of sulfonamides is 3. The van der Waals surface area contributed by atoms with Crippen LogP contribution in [0.3, 0.4) is 0 Å². The summed E-state index contributed by atoms with van der Waals surface area (Å²) in [5.74, 6) is -6.97. The highest BCUT2D eigenvalue weighted by atomic mass is 79.9. The molecule has 11 aromatic rings. The van der Waals surface area contributed by atoms with Crippen LogP contribution < -0.4 is 41.4 Å². The summed E-state index contributed by atoms with van der Waals surface area (Å²) in [4.78, 5) is 44.1. The third-order valence-corrected chi connectivity index (χ3v) is 28.2. The van der Waals surface area contributed by atoms with Crippen molar-refractivity contribution in [3.63, 3.8) is 0 Å². The SMILES string of the molecule is NS(=O)(=O)Oc1c(F)cccc1F.O=C(OCc1ccccc1)N1CCC2=c3ccccc3=[N+](S(=O)(=O)c3ccccc3)[C@@H]21.O=C(OCc1ccccc1)N1CC[C@]2(Br)c3ccccc3N(S(=O)(=O)c3ccccc3)[C@H]12.O=C(OCc1ccccc1)N1CC[C@]2(NS(=O)(=O)Oc3c(F)cccc3F)c3ccccc3N(S(=O)(=O)c3ccccc3)[C@H]12. The number of para-hydroxylation sites is 5. The van der Waals surface area contributed by atoms with Gasteiger partial charge in [-0.05, 0) is 120 Å². The number of carbonyl (C=O) groups excluding carboxylic acids is 3. The average Bonchev–Trinajstić information content (AvgIpc) is 1.53. The molecule has 3 amide bonds. The summed E-state index contributed by atoms with van der Waals surface area (Å²) < 4.78 is 216. The van der Waals surface area contributed by atoms with Crippen LogP contribution in [0.5, 0.6) is 11.5 Å². The van der Waals surface area contributed by atoms with Crippen molar-refractivity contribution in [3.8, 4) is 11.5 Å². The van der Waals surface area contributed by atoms with Gasteiger partial charge < -0.3 is 22.6 Å². The van der Waals surface area contributed by atoms with Gasteiger partial charge in [-0.1, -0.05) is 226 Å². The van der Waals surface area contributed by atoms with Gasteiger partial charge in [0, 0.05) is 36.8 Å². The Bertz CT molecular complexity index is 6410. The number of anilines is 2. The van der Waals surface area contributed by atoms with E-state index in [1.54, 1.807) is 121 Å². The van der Waals surface area contributed by atoms with Crippen LogP contribution in [0.2, 0.25) is 0 Å². The van der Waals surface area contributed by atoms with Crippen molar-refractivity contribution in [2.45, 2.75) is 82.1 Å². The fraction of sp³-hybridized carbons (Fsp3) is 0.167. The molecule has 36 heteroatoms. The molecule has 0 spiro atoms. The maximum Gasteiger partial charge on any atom is 0.415 e. The van der Waals surface area contributed by atoms with Gasteiger partial charge >= 0.3 is 48.9 Å². The van der Waals surface area contributed by atoms with Crippen molar-refractivity contribution in [1.82, 2.24) is 23.4 Å². The first-order chi connectivity index (χ1) is 57.4. The highest BCUT2D eigenvalue weighted by Crippen LogP contribution is 2.58. The molecule has 0 aliphatic carbocycles. The monoisotopic (exact) mass is 1800 g/mol. The standard InChI is InChI=1S/C30H25F2N3O7S2.C24H21BrN2O4S.C24H21N2O4S.C6H5F2NO3S/c31-24-15-9-16-25(32)27(24)42-44(39,40)33-30-18-19-34(29(36)41-20-21-10-3-1-4-11-21)28(30)35(26-17-8-7-14-23(26)30)43(37,38)22-12-5-2-6-13-22;25-24-15-16-26(23(28)31-17-18-9-3-1-4-10-18)22(24)27(21-14-8-7-13-20(21)24)32(29,30)19-11-5-2-6-12-19;27-24(30-17-18-9-3-1-4-10-18)25-16-15-21-20-13-7-8-14-22(20)26(23(21)25)31(28,29)19-11-5-2-6-12-19;7-4-2-1-3-5(8)6(4)12-13(9,10)11/h1-17,28,33H,18-20H2;1-14,22H,15-17H2;1-14,23H,15-17H2;1-3H,(H2,9,10,11)/q;;+1;/t28-,30-;22-,24-;23-;/m000./s1. The van der Waals surface area contributed by atoms with Gasteiger partial charge in [0.1, 0.15) is 42.6 Å². The van der Waals surface area contributed by atoms with Crippen LogP contribution in [0.25, 0.3) is 5.57 Å². The summed E-state index contributed by atoms with van der Waals surface area (Å²) in [5.41, 5.74) is 3.25. The Labute approximate surface area is 696 Å².